The van der Waals surface area contributed by atoms with Gasteiger partial charge in [0.05, 0.1) is 0 Å². The highest BCUT2D eigenvalue weighted by molar-refractivity contribution is 7.85. The van der Waals surface area contributed by atoms with Gasteiger partial charge in [0, 0.05) is 6.92 Å². The van der Waals surface area contributed by atoms with Gasteiger partial charge in [0.1, 0.15) is 11.8 Å². The number of carbonyl (C=O) groups excluding carboxylic acids is 1. The highest BCUT2D eigenvalue weighted by atomic mass is 32.2. The fourth-order valence-corrected chi connectivity index (χ4v) is 1.37. The summed E-state index contributed by atoms with van der Waals surface area (Å²) in [5.74, 6) is -2.62. The molecular weight excluding hydrogens is 227 g/mol. The van der Waals surface area contributed by atoms with Crippen LogP contribution in [0.5, 0.6) is 0 Å². The monoisotopic (exact) mass is 235 g/mol. The minimum atomic E-state index is -4.92. The fraction of sp³-hybridized carbons (Fsp3) is 0.800. The van der Waals surface area contributed by atoms with Crippen LogP contribution >= 0.6 is 0 Å². The molecule has 9 heteroatoms. The third-order valence-corrected chi connectivity index (χ3v) is 1.90. The Morgan fingerprint density at radius 3 is 2.14 bits per heavy atom. The molecule has 0 heterocycles. The Bertz CT molecular complexity index is 309. The third-order valence-electron chi connectivity index (χ3n) is 1.15. The van der Waals surface area contributed by atoms with Crippen LogP contribution < -0.4 is 5.32 Å². The van der Waals surface area contributed by atoms with Crippen molar-refractivity contribution in [3.05, 3.63) is 0 Å². The normalized spacial score (nSPS) is 14.9. The van der Waals surface area contributed by atoms with Crippen molar-refractivity contribution in [1.29, 1.82) is 0 Å². The maximum absolute atomic E-state index is 12.0. The molecule has 1 unspecified atom stereocenters. The Balaban J connectivity index is 4.67. The Hall–Kier alpha value is -0.830. The summed E-state index contributed by atoms with van der Waals surface area (Å²) in [4.78, 5) is 10.3. The molecule has 14 heavy (non-hydrogen) atoms. The molecule has 0 saturated carbocycles. The molecule has 2 N–H and O–H groups in total. The summed E-state index contributed by atoms with van der Waals surface area (Å²) in [7, 11) is -4.79. The number of alkyl halides is 3. The summed E-state index contributed by atoms with van der Waals surface area (Å²) in [6.45, 7) is 0.808. The van der Waals surface area contributed by atoms with Crippen LogP contribution in [0, 0.1) is 0 Å². The average molecular weight is 235 g/mol. The molecular formula is C5H8F3NO4S. The molecule has 5 nitrogen and oxygen atoms in total. The number of halogens is 3. The van der Waals surface area contributed by atoms with E-state index in [2.05, 4.69) is 0 Å². The first-order valence-corrected chi connectivity index (χ1v) is 4.92. The lowest BCUT2D eigenvalue weighted by Gasteiger charge is -2.19. The number of carbonyl (C=O) groups is 1. The number of hydrogen-bond donors (Lipinski definition) is 2. The van der Waals surface area contributed by atoms with Crippen LogP contribution in [0.1, 0.15) is 6.92 Å². The van der Waals surface area contributed by atoms with E-state index in [1.54, 1.807) is 0 Å². The van der Waals surface area contributed by atoms with E-state index in [0.29, 0.717) is 0 Å². The maximum Gasteiger partial charge on any atom is 0.409 e. The van der Waals surface area contributed by atoms with Crippen molar-refractivity contribution in [2.24, 2.45) is 0 Å². The first-order chi connectivity index (χ1) is 6.02. The Morgan fingerprint density at radius 1 is 1.50 bits per heavy atom. The standard InChI is InChI=1S/C5H8F3NO4S/c1-3(10)9-4(5(6,7)8)2-14(11,12)13/h4H,2H2,1H3,(H,9,10)(H,11,12,13). The summed E-state index contributed by atoms with van der Waals surface area (Å²) in [5.41, 5.74) is 0. The summed E-state index contributed by atoms with van der Waals surface area (Å²) >= 11 is 0. The molecule has 0 aliphatic rings. The van der Waals surface area contributed by atoms with Crippen LogP contribution in [0.2, 0.25) is 0 Å². The topological polar surface area (TPSA) is 83.5 Å². The third kappa shape index (κ3) is 5.75. The molecule has 0 rings (SSSR count). The van der Waals surface area contributed by atoms with Gasteiger partial charge < -0.3 is 5.32 Å². The SMILES string of the molecule is CC(=O)NC(CS(=O)(=O)O)C(F)(F)F. The van der Waals surface area contributed by atoms with E-state index in [4.69, 9.17) is 4.55 Å². The van der Waals surface area contributed by atoms with E-state index in [-0.39, 0.29) is 0 Å². The minimum Gasteiger partial charge on any atom is -0.344 e. The van der Waals surface area contributed by atoms with Gasteiger partial charge in [0.2, 0.25) is 5.91 Å². The van der Waals surface area contributed by atoms with Crippen molar-refractivity contribution >= 4 is 16.0 Å². The minimum absolute atomic E-state index is 0.808. The second-order valence-corrected chi connectivity index (χ2v) is 4.04. The lowest BCUT2D eigenvalue weighted by Crippen LogP contribution is -2.48. The van der Waals surface area contributed by atoms with E-state index < -0.39 is 34.0 Å². The molecule has 0 aromatic carbocycles. The van der Waals surface area contributed by atoms with Crippen LogP contribution in [-0.4, -0.2) is 36.8 Å². The zero-order chi connectivity index (χ0) is 11.6. The summed E-state index contributed by atoms with van der Waals surface area (Å²) in [5, 5.41) is 1.37. The predicted octanol–water partition coefficient (Wildman–Crippen LogP) is -0.0588. The van der Waals surface area contributed by atoms with E-state index in [9.17, 15) is 26.4 Å². The zero-order valence-electron chi connectivity index (χ0n) is 7.00. The van der Waals surface area contributed by atoms with Gasteiger partial charge in [0.15, 0.2) is 0 Å². The molecule has 0 aromatic rings. The summed E-state index contributed by atoms with van der Waals surface area (Å²) in [6, 6.07) is -2.59. The van der Waals surface area contributed by atoms with E-state index in [0.717, 1.165) is 6.92 Å². The van der Waals surface area contributed by atoms with Gasteiger partial charge in [-0.05, 0) is 0 Å². The van der Waals surface area contributed by atoms with Gasteiger partial charge in [-0.1, -0.05) is 0 Å². The van der Waals surface area contributed by atoms with Crippen molar-refractivity contribution in [2.45, 2.75) is 19.1 Å². The van der Waals surface area contributed by atoms with E-state index in [1.165, 1.54) is 5.32 Å². The van der Waals surface area contributed by atoms with Crippen molar-refractivity contribution < 1.29 is 30.9 Å². The Labute approximate surface area is 78.0 Å². The number of nitrogens with one attached hydrogen (secondary N) is 1. The van der Waals surface area contributed by atoms with Crippen LogP contribution in [-0.2, 0) is 14.9 Å². The second kappa shape index (κ2) is 4.13. The molecule has 0 aliphatic heterocycles. The van der Waals surface area contributed by atoms with Gasteiger partial charge >= 0.3 is 6.18 Å². The van der Waals surface area contributed by atoms with Gasteiger partial charge in [-0.15, -0.1) is 0 Å². The highest BCUT2D eigenvalue weighted by Crippen LogP contribution is 2.21. The van der Waals surface area contributed by atoms with Gasteiger partial charge in [-0.25, -0.2) is 0 Å². The fourth-order valence-electron chi connectivity index (χ4n) is 0.674. The van der Waals surface area contributed by atoms with Crippen molar-refractivity contribution in [3.63, 3.8) is 0 Å². The van der Waals surface area contributed by atoms with Gasteiger partial charge in [0.25, 0.3) is 10.1 Å². The lowest BCUT2D eigenvalue weighted by molar-refractivity contribution is -0.156. The van der Waals surface area contributed by atoms with Crippen LogP contribution in [0.25, 0.3) is 0 Å². The summed E-state index contributed by atoms with van der Waals surface area (Å²) in [6.07, 6.45) is -4.92. The van der Waals surface area contributed by atoms with E-state index in [1.807, 2.05) is 0 Å². The van der Waals surface area contributed by atoms with Crippen LogP contribution in [0.3, 0.4) is 0 Å². The number of rotatable bonds is 3. The van der Waals surface area contributed by atoms with Crippen LogP contribution in [0.15, 0.2) is 0 Å². The Morgan fingerprint density at radius 2 is 1.93 bits per heavy atom. The molecule has 0 aromatic heterocycles. The molecule has 1 atom stereocenters. The highest BCUT2D eigenvalue weighted by Gasteiger charge is 2.42. The first-order valence-electron chi connectivity index (χ1n) is 3.31. The quantitative estimate of drug-likeness (QED) is 0.671. The smallest absolute Gasteiger partial charge is 0.344 e. The first kappa shape index (κ1) is 13.2. The van der Waals surface area contributed by atoms with Gasteiger partial charge in [-0.3, -0.25) is 9.35 Å². The average Bonchev–Trinajstić information content (AvgIpc) is 1.78. The largest absolute Gasteiger partial charge is 0.409 e. The molecule has 84 valence electrons. The molecule has 0 radical (unpaired) electrons. The number of amides is 1. The lowest BCUT2D eigenvalue weighted by atomic mass is 10.3. The molecule has 0 bridgehead atoms. The van der Waals surface area contributed by atoms with Crippen LogP contribution in [0.4, 0.5) is 13.2 Å². The molecule has 0 spiro atoms. The predicted molar refractivity (Wildman–Crippen MR) is 40.1 cm³/mol. The van der Waals surface area contributed by atoms with Gasteiger partial charge in [-0.2, -0.15) is 21.6 Å². The zero-order valence-corrected chi connectivity index (χ0v) is 7.82. The summed E-state index contributed by atoms with van der Waals surface area (Å²) < 4.78 is 64.6. The molecule has 0 fully saturated rings. The van der Waals surface area contributed by atoms with E-state index >= 15 is 0 Å². The maximum atomic E-state index is 12.0. The molecule has 0 aliphatic carbocycles. The van der Waals surface area contributed by atoms with Crippen molar-refractivity contribution in [1.82, 2.24) is 5.32 Å². The second-order valence-electron chi connectivity index (χ2n) is 2.54. The number of hydrogen-bond acceptors (Lipinski definition) is 3. The molecule has 1 amide bonds. The van der Waals surface area contributed by atoms with Crippen molar-refractivity contribution in [2.75, 3.05) is 5.75 Å². The Kier molecular flexibility index (Phi) is 3.89. The van der Waals surface area contributed by atoms with Crippen molar-refractivity contribution in [3.8, 4) is 0 Å². The molecule has 0 saturated heterocycles.